The molecule has 0 radical (unpaired) electrons. The second kappa shape index (κ2) is 22.9. The van der Waals surface area contributed by atoms with E-state index in [1.165, 1.54) is 11.1 Å². The molecule has 15 heteroatoms. The maximum Gasteiger partial charge on any atom is 0.257 e. The maximum atomic E-state index is 14.0. The van der Waals surface area contributed by atoms with E-state index in [0.717, 1.165) is 83.7 Å². The van der Waals surface area contributed by atoms with Crippen LogP contribution in [0.3, 0.4) is 0 Å². The molecular formula is C48H41Cl5F4N4O2. The van der Waals surface area contributed by atoms with Gasteiger partial charge in [-0.15, -0.1) is 0 Å². The van der Waals surface area contributed by atoms with Crippen molar-refractivity contribution in [2.45, 2.75) is 12.1 Å². The summed E-state index contributed by atoms with van der Waals surface area (Å²) in [4.78, 5) is 29.4. The minimum Gasteiger partial charge on any atom is -0.336 e. The van der Waals surface area contributed by atoms with E-state index in [4.69, 9.17) is 58.0 Å². The molecule has 2 heterocycles. The van der Waals surface area contributed by atoms with Crippen molar-refractivity contribution in [2.75, 3.05) is 52.4 Å². The van der Waals surface area contributed by atoms with Crippen LogP contribution in [0, 0.1) is 23.3 Å². The third-order valence-corrected chi connectivity index (χ3v) is 11.7. The highest BCUT2D eigenvalue weighted by molar-refractivity contribution is 6.67. The van der Waals surface area contributed by atoms with E-state index in [-0.39, 0.29) is 17.6 Å². The molecule has 6 aromatic carbocycles. The number of amides is 1. The largest absolute Gasteiger partial charge is 0.336 e. The van der Waals surface area contributed by atoms with Crippen LogP contribution in [0.4, 0.5) is 17.6 Å². The molecule has 6 aromatic rings. The van der Waals surface area contributed by atoms with Crippen LogP contribution >= 0.6 is 58.0 Å². The molecule has 0 atom stereocenters. The van der Waals surface area contributed by atoms with E-state index in [0.29, 0.717) is 36.2 Å². The average molecular weight is 959 g/mol. The Morgan fingerprint density at radius 1 is 0.460 bits per heavy atom. The number of halogens is 9. The molecule has 1 N–H and O–H groups in total. The molecule has 2 fully saturated rings. The van der Waals surface area contributed by atoms with Crippen molar-refractivity contribution < 1.29 is 27.2 Å². The van der Waals surface area contributed by atoms with Gasteiger partial charge in [0, 0.05) is 72.4 Å². The summed E-state index contributed by atoms with van der Waals surface area (Å²) in [5.74, 6) is -3.34. The van der Waals surface area contributed by atoms with Gasteiger partial charge in [0.2, 0.25) is 0 Å². The summed E-state index contributed by atoms with van der Waals surface area (Å²) in [5.41, 5.74) is 4.00. The van der Waals surface area contributed by atoms with Crippen LogP contribution in [-0.4, -0.2) is 78.2 Å². The fraction of sp³-hybridized carbons (Fsp3) is 0.208. The number of carbonyl (C=O) groups excluding carboxylic acids is 2. The summed E-state index contributed by atoms with van der Waals surface area (Å²) in [6, 6.07) is 37.3. The van der Waals surface area contributed by atoms with Crippen LogP contribution in [-0.2, 0) is 0 Å². The highest BCUT2D eigenvalue weighted by atomic mass is 35.5. The Hall–Kier alpha value is -4.49. The lowest BCUT2D eigenvalue weighted by Gasteiger charge is -2.40. The fourth-order valence-corrected chi connectivity index (χ4v) is 8.06. The predicted octanol–water partition coefficient (Wildman–Crippen LogP) is 12.2. The summed E-state index contributed by atoms with van der Waals surface area (Å²) in [7, 11) is 0. The second-order valence-corrected chi connectivity index (χ2v) is 16.7. The van der Waals surface area contributed by atoms with Crippen LogP contribution in [0.15, 0.2) is 133 Å². The lowest BCUT2D eigenvalue weighted by atomic mass is 9.96. The molecular weight excluding hydrogens is 918 g/mol. The first-order valence-corrected chi connectivity index (χ1v) is 21.8. The summed E-state index contributed by atoms with van der Waals surface area (Å²) < 4.78 is 52.4. The van der Waals surface area contributed by atoms with Gasteiger partial charge < -0.3 is 10.2 Å². The fourth-order valence-electron chi connectivity index (χ4n) is 7.41. The van der Waals surface area contributed by atoms with E-state index in [9.17, 15) is 27.2 Å². The van der Waals surface area contributed by atoms with Crippen molar-refractivity contribution in [1.29, 1.82) is 0 Å². The number of hydrogen-bond donors (Lipinski definition) is 1. The third-order valence-electron chi connectivity index (χ3n) is 10.5. The van der Waals surface area contributed by atoms with Crippen molar-refractivity contribution in [3.8, 4) is 0 Å². The molecule has 328 valence electrons. The van der Waals surface area contributed by atoms with Gasteiger partial charge in [-0.05, 0) is 119 Å². The zero-order chi connectivity index (χ0) is 45.0. The minimum absolute atomic E-state index is 0.0438. The number of carbonyl (C=O) groups is 2. The average Bonchev–Trinajstić information content (AvgIpc) is 3.29. The van der Waals surface area contributed by atoms with Gasteiger partial charge in [0.25, 0.3) is 11.1 Å². The zero-order valence-electron chi connectivity index (χ0n) is 33.6. The highest BCUT2D eigenvalue weighted by Gasteiger charge is 2.30. The zero-order valence-corrected chi connectivity index (χ0v) is 37.4. The Morgan fingerprint density at radius 2 is 0.794 bits per heavy atom. The van der Waals surface area contributed by atoms with E-state index >= 15 is 0 Å². The predicted molar refractivity (Wildman–Crippen MR) is 244 cm³/mol. The summed E-state index contributed by atoms with van der Waals surface area (Å²) in [5, 5.41) is 5.27. The Kier molecular flexibility index (Phi) is 17.5. The van der Waals surface area contributed by atoms with Crippen LogP contribution in [0.5, 0.6) is 0 Å². The van der Waals surface area contributed by atoms with Gasteiger partial charge in [0.1, 0.15) is 23.3 Å². The Morgan fingerprint density at radius 3 is 1.14 bits per heavy atom. The molecule has 1 amide bonds. The number of nitrogens with zero attached hydrogens (tertiary/aromatic N) is 3. The normalized spacial score (nSPS) is 14.4. The van der Waals surface area contributed by atoms with Crippen molar-refractivity contribution in [2.24, 2.45) is 0 Å². The highest BCUT2D eigenvalue weighted by Crippen LogP contribution is 2.33. The van der Waals surface area contributed by atoms with Gasteiger partial charge in [-0.3, -0.25) is 19.4 Å². The lowest BCUT2D eigenvalue weighted by Crippen LogP contribution is -2.50. The Labute approximate surface area is 388 Å². The van der Waals surface area contributed by atoms with Crippen molar-refractivity contribution in [3.05, 3.63) is 210 Å². The van der Waals surface area contributed by atoms with Crippen LogP contribution in [0.1, 0.15) is 55.1 Å². The number of piperazine rings is 2. The first-order valence-electron chi connectivity index (χ1n) is 19.9. The molecule has 0 saturated carbocycles. The molecule has 2 saturated heterocycles. The van der Waals surface area contributed by atoms with Gasteiger partial charge in [-0.1, -0.05) is 94.9 Å². The monoisotopic (exact) mass is 956 g/mol. The number of benzene rings is 6. The molecule has 2 aliphatic heterocycles. The first kappa shape index (κ1) is 48.0. The first-order chi connectivity index (χ1) is 30.3. The van der Waals surface area contributed by atoms with Crippen molar-refractivity contribution in [1.82, 2.24) is 20.0 Å². The number of hydrogen-bond acceptors (Lipinski definition) is 5. The van der Waals surface area contributed by atoms with Gasteiger partial charge in [0.15, 0.2) is 0 Å². The topological polar surface area (TPSA) is 55.9 Å². The quantitative estimate of drug-likeness (QED) is 0.122. The molecule has 2 aliphatic rings. The molecule has 0 bridgehead atoms. The van der Waals surface area contributed by atoms with Crippen molar-refractivity contribution in [3.63, 3.8) is 0 Å². The number of rotatable bonds is 8. The Bertz CT molecular complexity index is 2360. The maximum absolute atomic E-state index is 14.0. The summed E-state index contributed by atoms with van der Waals surface area (Å²) in [6.45, 7) is 6.11. The number of nitrogens with one attached hydrogen (secondary N) is 1. The van der Waals surface area contributed by atoms with Crippen LogP contribution in [0.2, 0.25) is 20.1 Å². The van der Waals surface area contributed by atoms with E-state index in [1.54, 1.807) is 4.90 Å². The minimum atomic E-state index is -0.998. The standard InChI is InChI=1S/C24H20Cl2F2N2O.C17H18Cl2N2.C7H3ClF2O/c25-18-5-1-16(2-6-18)23(17-3-7-19(26)8-4-17)29-11-13-30(14-12-29)24(31)21-15-20(27)9-10-22(21)28;18-15-5-1-13(2-6-15)17(21-11-9-20-10-12-21)14-3-7-16(19)8-4-14;8-7(11)5-3-4(9)1-2-6(5)10/h1-10,15,23H,11-14H2;1-8,17,20H,9-12H2;1-3H. The van der Waals surface area contributed by atoms with Gasteiger partial charge in [0.05, 0.1) is 23.2 Å². The summed E-state index contributed by atoms with van der Waals surface area (Å²) in [6.07, 6.45) is 0. The van der Waals surface area contributed by atoms with Gasteiger partial charge in [-0.2, -0.15) is 0 Å². The third kappa shape index (κ3) is 13.3. The van der Waals surface area contributed by atoms with Gasteiger partial charge in [-0.25, -0.2) is 17.6 Å². The SMILES string of the molecule is Clc1ccc(C(c2ccc(Cl)cc2)N2CCNCC2)cc1.O=C(Cl)c1cc(F)ccc1F.O=C(c1cc(F)ccc1F)N1CCN(C(c2ccc(Cl)cc2)c2ccc(Cl)cc2)CC1. The van der Waals surface area contributed by atoms with E-state index in [1.807, 2.05) is 72.8 Å². The smallest absolute Gasteiger partial charge is 0.257 e. The van der Waals surface area contributed by atoms with E-state index in [2.05, 4.69) is 39.4 Å². The Balaban J connectivity index is 0.000000177. The molecule has 0 aliphatic carbocycles. The summed E-state index contributed by atoms with van der Waals surface area (Å²) >= 11 is 29.1. The van der Waals surface area contributed by atoms with Crippen molar-refractivity contribution >= 4 is 69.2 Å². The molecule has 0 aromatic heterocycles. The molecule has 6 nitrogen and oxygen atoms in total. The van der Waals surface area contributed by atoms with E-state index < -0.39 is 40.0 Å². The molecule has 8 rings (SSSR count). The molecule has 0 unspecified atom stereocenters. The molecule has 63 heavy (non-hydrogen) atoms. The van der Waals surface area contributed by atoms with Crippen LogP contribution in [0.25, 0.3) is 0 Å². The lowest BCUT2D eigenvalue weighted by molar-refractivity contribution is 0.0592. The second-order valence-electron chi connectivity index (χ2n) is 14.6. The van der Waals surface area contributed by atoms with Crippen LogP contribution < -0.4 is 5.32 Å². The molecule has 0 spiro atoms. The van der Waals surface area contributed by atoms with Gasteiger partial charge >= 0.3 is 0 Å².